The SMILES string of the molecule is COc1cccc(/C=N\N2C(=O)NC(c3ccccc3)(c3ccccc3)C2=O)c1. The highest BCUT2D eigenvalue weighted by Gasteiger charge is 2.54. The molecule has 29 heavy (non-hydrogen) atoms. The monoisotopic (exact) mass is 385 g/mol. The second-order valence-corrected chi connectivity index (χ2v) is 6.55. The Balaban J connectivity index is 1.75. The van der Waals surface area contributed by atoms with Gasteiger partial charge in [-0.1, -0.05) is 72.8 Å². The van der Waals surface area contributed by atoms with E-state index in [2.05, 4.69) is 10.4 Å². The van der Waals surface area contributed by atoms with E-state index in [4.69, 9.17) is 4.74 Å². The zero-order valence-electron chi connectivity index (χ0n) is 15.8. The number of hydrogen-bond donors (Lipinski definition) is 1. The van der Waals surface area contributed by atoms with Crippen LogP contribution in [0, 0.1) is 0 Å². The molecule has 1 N–H and O–H groups in total. The maximum Gasteiger partial charge on any atom is 0.346 e. The van der Waals surface area contributed by atoms with E-state index in [1.54, 1.807) is 19.2 Å². The predicted octanol–water partition coefficient (Wildman–Crippen LogP) is 3.52. The van der Waals surface area contributed by atoms with Crippen molar-refractivity contribution >= 4 is 18.2 Å². The van der Waals surface area contributed by atoms with Gasteiger partial charge in [0.1, 0.15) is 5.75 Å². The van der Waals surface area contributed by atoms with Crippen LogP contribution in [-0.2, 0) is 10.3 Å². The summed E-state index contributed by atoms with van der Waals surface area (Å²) in [4.78, 5) is 26.2. The first-order chi connectivity index (χ1) is 14.1. The van der Waals surface area contributed by atoms with Crippen LogP contribution in [0.1, 0.15) is 16.7 Å². The summed E-state index contributed by atoms with van der Waals surface area (Å²) in [5, 5.41) is 7.90. The number of carbonyl (C=O) groups excluding carboxylic acids is 2. The van der Waals surface area contributed by atoms with E-state index in [0.717, 1.165) is 5.01 Å². The van der Waals surface area contributed by atoms with Gasteiger partial charge in [0.25, 0.3) is 5.91 Å². The molecule has 0 spiro atoms. The minimum absolute atomic E-state index is 0.459. The average molecular weight is 385 g/mol. The highest BCUT2D eigenvalue weighted by atomic mass is 16.5. The molecule has 1 aliphatic heterocycles. The van der Waals surface area contributed by atoms with Crippen molar-refractivity contribution in [3.05, 3.63) is 102 Å². The summed E-state index contributed by atoms with van der Waals surface area (Å²) < 4.78 is 5.20. The van der Waals surface area contributed by atoms with E-state index in [1.165, 1.54) is 6.21 Å². The topological polar surface area (TPSA) is 71.0 Å². The zero-order chi connectivity index (χ0) is 20.3. The van der Waals surface area contributed by atoms with E-state index in [-0.39, 0.29) is 0 Å². The number of imide groups is 1. The second kappa shape index (κ2) is 7.59. The number of methoxy groups -OCH3 is 1. The molecule has 0 aromatic heterocycles. The highest BCUT2D eigenvalue weighted by Crippen LogP contribution is 2.36. The van der Waals surface area contributed by atoms with Crippen LogP contribution < -0.4 is 10.1 Å². The molecule has 3 aromatic rings. The lowest BCUT2D eigenvalue weighted by molar-refractivity contribution is -0.130. The lowest BCUT2D eigenvalue weighted by Gasteiger charge is -2.27. The first kappa shape index (κ1) is 18.4. The number of nitrogens with one attached hydrogen (secondary N) is 1. The minimum Gasteiger partial charge on any atom is -0.497 e. The van der Waals surface area contributed by atoms with Crippen molar-refractivity contribution in [2.24, 2.45) is 5.10 Å². The minimum atomic E-state index is -1.33. The number of benzene rings is 3. The van der Waals surface area contributed by atoms with E-state index in [0.29, 0.717) is 22.4 Å². The van der Waals surface area contributed by atoms with E-state index in [1.807, 2.05) is 72.8 Å². The Morgan fingerprint density at radius 2 is 1.52 bits per heavy atom. The van der Waals surface area contributed by atoms with Gasteiger partial charge in [-0.2, -0.15) is 5.10 Å². The van der Waals surface area contributed by atoms with Crippen LogP contribution in [0.25, 0.3) is 0 Å². The van der Waals surface area contributed by atoms with Crippen LogP contribution in [0.4, 0.5) is 4.79 Å². The van der Waals surface area contributed by atoms with Crippen LogP contribution in [0.3, 0.4) is 0 Å². The molecule has 0 aliphatic carbocycles. The van der Waals surface area contributed by atoms with Crippen molar-refractivity contribution in [1.82, 2.24) is 10.3 Å². The first-order valence-corrected chi connectivity index (χ1v) is 9.11. The smallest absolute Gasteiger partial charge is 0.346 e. The number of rotatable bonds is 5. The molecule has 0 unspecified atom stereocenters. The molecule has 1 saturated heterocycles. The Kier molecular flexibility index (Phi) is 4.83. The summed E-state index contributed by atoms with van der Waals surface area (Å²) >= 11 is 0. The Labute approximate surface area is 168 Å². The number of ether oxygens (including phenoxy) is 1. The standard InChI is InChI=1S/C23H19N3O3/c1-29-20-14-8-9-17(15-20)16-24-26-21(27)23(25-22(26)28,18-10-4-2-5-11-18)19-12-6-3-7-13-19/h2-16H,1H3,(H,25,28)/b24-16-. The molecule has 1 heterocycles. The molecule has 3 aromatic carbocycles. The van der Waals surface area contributed by atoms with Crippen molar-refractivity contribution < 1.29 is 14.3 Å². The largest absolute Gasteiger partial charge is 0.497 e. The third-order valence-electron chi connectivity index (χ3n) is 4.83. The fourth-order valence-corrected chi connectivity index (χ4v) is 3.40. The van der Waals surface area contributed by atoms with Gasteiger partial charge in [0, 0.05) is 0 Å². The summed E-state index contributed by atoms with van der Waals surface area (Å²) in [5.41, 5.74) is 0.722. The fourth-order valence-electron chi connectivity index (χ4n) is 3.40. The van der Waals surface area contributed by atoms with Crippen LogP contribution in [-0.4, -0.2) is 30.3 Å². The molecule has 0 saturated carbocycles. The van der Waals surface area contributed by atoms with E-state index < -0.39 is 17.5 Å². The normalized spacial score (nSPS) is 15.6. The number of nitrogens with zero attached hydrogens (tertiary/aromatic N) is 2. The van der Waals surface area contributed by atoms with Crippen LogP contribution in [0.15, 0.2) is 90.0 Å². The molecular formula is C23H19N3O3. The third-order valence-corrected chi connectivity index (χ3v) is 4.83. The Morgan fingerprint density at radius 1 is 0.897 bits per heavy atom. The maximum atomic E-state index is 13.5. The van der Waals surface area contributed by atoms with Gasteiger partial charge in [-0.05, 0) is 28.8 Å². The van der Waals surface area contributed by atoms with Gasteiger partial charge in [0.15, 0.2) is 5.54 Å². The Bertz CT molecular complexity index is 1030. The van der Waals surface area contributed by atoms with Gasteiger partial charge in [0.05, 0.1) is 13.3 Å². The first-order valence-electron chi connectivity index (χ1n) is 9.11. The lowest BCUT2D eigenvalue weighted by Crippen LogP contribution is -2.44. The maximum absolute atomic E-state index is 13.5. The summed E-state index contributed by atoms with van der Waals surface area (Å²) in [6, 6.07) is 25.0. The van der Waals surface area contributed by atoms with Crippen LogP contribution >= 0.6 is 0 Å². The Morgan fingerprint density at radius 3 is 2.10 bits per heavy atom. The van der Waals surface area contributed by atoms with Crippen LogP contribution in [0.2, 0.25) is 0 Å². The van der Waals surface area contributed by atoms with Gasteiger partial charge in [-0.25, -0.2) is 4.79 Å². The second-order valence-electron chi connectivity index (χ2n) is 6.55. The summed E-state index contributed by atoms with van der Waals surface area (Å²) in [6.07, 6.45) is 1.46. The van der Waals surface area contributed by atoms with Gasteiger partial charge in [0.2, 0.25) is 0 Å². The third kappa shape index (κ3) is 3.25. The Hall–Kier alpha value is -3.93. The molecular weight excluding hydrogens is 366 g/mol. The molecule has 0 radical (unpaired) electrons. The molecule has 0 atom stereocenters. The molecule has 4 rings (SSSR count). The van der Waals surface area contributed by atoms with E-state index >= 15 is 0 Å². The number of amides is 3. The number of hydrazone groups is 1. The zero-order valence-corrected chi connectivity index (χ0v) is 15.8. The van der Waals surface area contributed by atoms with E-state index in [9.17, 15) is 9.59 Å². The molecule has 0 bridgehead atoms. The molecule has 1 fully saturated rings. The molecule has 3 amide bonds. The quantitative estimate of drug-likeness (QED) is 0.540. The number of carbonyl (C=O) groups is 2. The molecule has 6 heteroatoms. The number of hydrogen-bond acceptors (Lipinski definition) is 4. The van der Waals surface area contributed by atoms with Crippen molar-refractivity contribution in [2.75, 3.05) is 7.11 Å². The summed E-state index contributed by atoms with van der Waals surface area (Å²) in [6.45, 7) is 0. The molecule has 6 nitrogen and oxygen atoms in total. The summed E-state index contributed by atoms with van der Waals surface area (Å²) in [7, 11) is 1.57. The molecule has 144 valence electrons. The van der Waals surface area contributed by atoms with Crippen molar-refractivity contribution in [3.8, 4) is 5.75 Å². The predicted molar refractivity (Wildman–Crippen MR) is 110 cm³/mol. The van der Waals surface area contributed by atoms with Gasteiger partial charge < -0.3 is 10.1 Å². The van der Waals surface area contributed by atoms with Crippen LogP contribution in [0.5, 0.6) is 5.75 Å². The fraction of sp³-hybridized carbons (Fsp3) is 0.0870. The van der Waals surface area contributed by atoms with Crippen molar-refractivity contribution in [3.63, 3.8) is 0 Å². The lowest BCUT2D eigenvalue weighted by atomic mass is 9.83. The van der Waals surface area contributed by atoms with Crippen molar-refractivity contribution in [2.45, 2.75) is 5.54 Å². The summed E-state index contributed by atoms with van der Waals surface area (Å²) in [5.74, 6) is 0.202. The van der Waals surface area contributed by atoms with Gasteiger partial charge in [-0.15, -0.1) is 5.01 Å². The number of urea groups is 1. The highest BCUT2D eigenvalue weighted by molar-refractivity contribution is 6.09. The van der Waals surface area contributed by atoms with Gasteiger partial charge >= 0.3 is 6.03 Å². The van der Waals surface area contributed by atoms with Crippen molar-refractivity contribution in [1.29, 1.82) is 0 Å². The molecule has 1 aliphatic rings. The van der Waals surface area contributed by atoms with Gasteiger partial charge in [-0.3, -0.25) is 4.79 Å². The average Bonchev–Trinajstić information content (AvgIpc) is 3.04.